The first-order valence-corrected chi connectivity index (χ1v) is 10.3. The second kappa shape index (κ2) is 9.45. The predicted molar refractivity (Wildman–Crippen MR) is 125 cm³/mol. The van der Waals surface area contributed by atoms with Gasteiger partial charge in [0, 0.05) is 23.5 Å². The molecule has 1 aliphatic rings. The molecule has 2 amide bonds. The van der Waals surface area contributed by atoms with Crippen LogP contribution >= 0.6 is 0 Å². The largest absolute Gasteiger partial charge is 0.384 e. The van der Waals surface area contributed by atoms with E-state index in [-0.39, 0.29) is 24.1 Å². The van der Waals surface area contributed by atoms with E-state index >= 15 is 0 Å². The minimum absolute atomic E-state index is 0.0408. The fraction of sp³-hybridized carbons (Fsp3) is 0.160. The Bertz CT molecular complexity index is 1110. The van der Waals surface area contributed by atoms with Crippen molar-refractivity contribution >= 4 is 29.0 Å². The molecule has 3 aromatic carbocycles. The number of anilines is 2. The first-order valence-electron chi connectivity index (χ1n) is 10.3. The molecule has 0 aliphatic carbocycles. The van der Waals surface area contributed by atoms with Crippen LogP contribution in [0.5, 0.6) is 0 Å². The van der Waals surface area contributed by atoms with Crippen molar-refractivity contribution < 1.29 is 14.3 Å². The number of nitrogens with two attached hydrogens (primary N) is 1. The maximum Gasteiger partial charge on any atom is 0.256 e. The second-order valence-corrected chi connectivity index (χ2v) is 7.51. The van der Waals surface area contributed by atoms with E-state index in [0.29, 0.717) is 24.4 Å². The first-order chi connectivity index (χ1) is 15.5. The summed E-state index contributed by atoms with van der Waals surface area (Å²) in [5, 5.41) is 10.2. The Morgan fingerprint density at radius 1 is 1.00 bits per heavy atom. The van der Waals surface area contributed by atoms with E-state index in [1.54, 1.807) is 29.2 Å². The topological polar surface area (TPSA) is 109 Å². The van der Waals surface area contributed by atoms with Crippen LogP contribution in [0.2, 0.25) is 0 Å². The van der Waals surface area contributed by atoms with Gasteiger partial charge in [-0.1, -0.05) is 42.5 Å². The van der Waals surface area contributed by atoms with Crippen LogP contribution in [-0.4, -0.2) is 36.9 Å². The van der Waals surface area contributed by atoms with Crippen LogP contribution in [0.15, 0.2) is 78.9 Å². The van der Waals surface area contributed by atoms with Gasteiger partial charge in [0.1, 0.15) is 11.9 Å². The van der Waals surface area contributed by atoms with Gasteiger partial charge in [-0.2, -0.15) is 0 Å². The highest BCUT2D eigenvalue weighted by atomic mass is 16.5. The average molecular weight is 428 g/mol. The lowest BCUT2D eigenvalue weighted by Crippen LogP contribution is -2.49. The quantitative estimate of drug-likeness (QED) is 0.413. The molecule has 4 N–H and O–H groups in total. The molecule has 1 aliphatic heterocycles. The third kappa shape index (κ3) is 4.84. The number of rotatable bonds is 6. The van der Waals surface area contributed by atoms with Gasteiger partial charge in [-0.05, 0) is 47.5 Å². The zero-order valence-corrected chi connectivity index (χ0v) is 17.5. The van der Waals surface area contributed by atoms with Gasteiger partial charge in [-0.25, -0.2) is 0 Å². The second-order valence-electron chi connectivity index (χ2n) is 7.51. The van der Waals surface area contributed by atoms with Crippen molar-refractivity contribution in [3.63, 3.8) is 0 Å². The lowest BCUT2D eigenvalue weighted by atomic mass is 10.0. The summed E-state index contributed by atoms with van der Waals surface area (Å²) in [4.78, 5) is 27.1. The number of nitrogen functional groups attached to an aromatic ring is 1. The van der Waals surface area contributed by atoms with Crippen molar-refractivity contribution in [2.24, 2.45) is 5.73 Å². The van der Waals surface area contributed by atoms with Crippen molar-refractivity contribution in [2.75, 3.05) is 23.4 Å². The van der Waals surface area contributed by atoms with Crippen LogP contribution in [0.3, 0.4) is 0 Å². The standard InChI is InChI=1S/C25H24N4O3/c26-24(27)19-6-10-20(11-7-19)28-23(30)16-22-25(31)29(14-15-32-22)21-12-8-18(9-13-21)17-4-2-1-3-5-17/h1-13,22H,14-16H2,(H3,26,27)(H,28,30)/t22-/m1/s1. The molecule has 3 aromatic rings. The van der Waals surface area contributed by atoms with E-state index < -0.39 is 6.10 Å². The van der Waals surface area contributed by atoms with Gasteiger partial charge >= 0.3 is 0 Å². The molecule has 1 heterocycles. The van der Waals surface area contributed by atoms with Crippen LogP contribution in [0.1, 0.15) is 12.0 Å². The van der Waals surface area contributed by atoms with Gasteiger partial charge in [0.05, 0.1) is 13.0 Å². The molecule has 1 atom stereocenters. The summed E-state index contributed by atoms with van der Waals surface area (Å²) in [6, 6.07) is 24.5. The fourth-order valence-electron chi connectivity index (χ4n) is 3.62. The Morgan fingerprint density at radius 2 is 1.66 bits per heavy atom. The van der Waals surface area contributed by atoms with Crippen LogP contribution in [0.25, 0.3) is 11.1 Å². The molecule has 32 heavy (non-hydrogen) atoms. The molecule has 0 radical (unpaired) electrons. The molecule has 162 valence electrons. The third-order valence-corrected chi connectivity index (χ3v) is 5.31. The smallest absolute Gasteiger partial charge is 0.256 e. The molecule has 1 saturated heterocycles. The summed E-state index contributed by atoms with van der Waals surface area (Å²) in [6.07, 6.45) is -0.916. The number of hydrogen-bond acceptors (Lipinski definition) is 4. The van der Waals surface area contributed by atoms with E-state index in [1.807, 2.05) is 54.6 Å². The highest BCUT2D eigenvalue weighted by molar-refractivity contribution is 6.02. The average Bonchev–Trinajstić information content (AvgIpc) is 2.81. The lowest BCUT2D eigenvalue weighted by Gasteiger charge is -2.32. The van der Waals surface area contributed by atoms with Crippen LogP contribution in [0.4, 0.5) is 11.4 Å². The van der Waals surface area contributed by atoms with E-state index in [4.69, 9.17) is 15.9 Å². The SMILES string of the molecule is N=C(N)c1ccc(NC(=O)C[C@H]2OCCN(c3ccc(-c4ccccc4)cc3)C2=O)cc1. The normalized spacial score (nSPS) is 15.9. The highest BCUT2D eigenvalue weighted by Gasteiger charge is 2.32. The number of nitrogens with zero attached hydrogens (tertiary/aromatic N) is 1. The molecular weight excluding hydrogens is 404 g/mol. The molecule has 0 spiro atoms. The number of carbonyl (C=O) groups excluding carboxylic acids is 2. The van der Waals surface area contributed by atoms with E-state index in [0.717, 1.165) is 16.8 Å². The summed E-state index contributed by atoms with van der Waals surface area (Å²) >= 11 is 0. The number of carbonyl (C=O) groups is 2. The van der Waals surface area contributed by atoms with Crippen molar-refractivity contribution in [3.05, 3.63) is 84.4 Å². The van der Waals surface area contributed by atoms with E-state index in [9.17, 15) is 9.59 Å². The maximum atomic E-state index is 13.0. The number of hydrogen-bond donors (Lipinski definition) is 3. The van der Waals surface area contributed by atoms with Crippen molar-refractivity contribution in [1.82, 2.24) is 0 Å². The predicted octanol–water partition coefficient (Wildman–Crippen LogP) is 3.40. The Hall–Kier alpha value is -3.97. The Kier molecular flexibility index (Phi) is 6.28. The minimum Gasteiger partial charge on any atom is -0.384 e. The minimum atomic E-state index is -0.839. The van der Waals surface area contributed by atoms with Crippen molar-refractivity contribution in [1.29, 1.82) is 5.41 Å². The molecule has 1 fully saturated rings. The molecule has 7 heteroatoms. The van der Waals surface area contributed by atoms with E-state index in [1.165, 1.54) is 0 Å². The van der Waals surface area contributed by atoms with Gasteiger partial charge < -0.3 is 20.7 Å². The highest BCUT2D eigenvalue weighted by Crippen LogP contribution is 2.25. The van der Waals surface area contributed by atoms with Crippen LogP contribution < -0.4 is 16.0 Å². The molecule has 4 rings (SSSR count). The fourth-order valence-corrected chi connectivity index (χ4v) is 3.62. The zero-order chi connectivity index (χ0) is 22.5. The summed E-state index contributed by atoms with van der Waals surface area (Å²) in [6.45, 7) is 0.797. The molecule has 0 unspecified atom stereocenters. The Labute approximate surface area is 186 Å². The molecule has 7 nitrogen and oxygen atoms in total. The van der Waals surface area contributed by atoms with Gasteiger partial charge in [0.2, 0.25) is 5.91 Å². The van der Waals surface area contributed by atoms with E-state index in [2.05, 4.69) is 5.32 Å². The van der Waals surface area contributed by atoms with Gasteiger partial charge in [-0.3, -0.25) is 15.0 Å². The monoisotopic (exact) mass is 428 g/mol. The maximum absolute atomic E-state index is 13.0. The number of nitrogens with one attached hydrogen (secondary N) is 2. The number of amides is 2. The van der Waals surface area contributed by atoms with Crippen molar-refractivity contribution in [3.8, 4) is 11.1 Å². The molecule has 0 saturated carbocycles. The number of amidine groups is 1. The summed E-state index contributed by atoms with van der Waals surface area (Å²) in [7, 11) is 0. The first kappa shape index (κ1) is 21.3. The number of ether oxygens (including phenoxy) is 1. The van der Waals surface area contributed by atoms with Gasteiger partial charge in [-0.15, -0.1) is 0 Å². The van der Waals surface area contributed by atoms with Crippen LogP contribution in [-0.2, 0) is 14.3 Å². The molecule has 0 bridgehead atoms. The summed E-state index contributed by atoms with van der Waals surface area (Å²) in [5.74, 6) is -0.591. The van der Waals surface area contributed by atoms with Crippen LogP contribution in [0, 0.1) is 5.41 Å². The Balaban J connectivity index is 1.39. The Morgan fingerprint density at radius 3 is 2.31 bits per heavy atom. The van der Waals surface area contributed by atoms with Crippen molar-refractivity contribution in [2.45, 2.75) is 12.5 Å². The number of benzene rings is 3. The zero-order valence-electron chi connectivity index (χ0n) is 17.5. The summed E-state index contributed by atoms with van der Waals surface area (Å²) in [5.41, 5.74) is 9.54. The van der Waals surface area contributed by atoms with Gasteiger partial charge in [0.25, 0.3) is 5.91 Å². The number of morpholine rings is 1. The lowest BCUT2D eigenvalue weighted by molar-refractivity contribution is -0.137. The molecule has 0 aromatic heterocycles. The third-order valence-electron chi connectivity index (χ3n) is 5.31. The van der Waals surface area contributed by atoms with Gasteiger partial charge in [0.15, 0.2) is 0 Å². The summed E-state index contributed by atoms with van der Waals surface area (Å²) < 4.78 is 5.60. The molecular formula is C25H24N4O3.